The van der Waals surface area contributed by atoms with Crippen molar-refractivity contribution in [2.75, 3.05) is 13.1 Å². The third kappa shape index (κ3) is 3.11. The van der Waals surface area contributed by atoms with Gasteiger partial charge in [-0.25, -0.2) is 8.42 Å². The first-order valence-electron chi connectivity index (χ1n) is 7.05. The summed E-state index contributed by atoms with van der Waals surface area (Å²) in [6, 6.07) is 8.29. The number of sulfonamides is 1. The van der Waals surface area contributed by atoms with Crippen LogP contribution in [0.5, 0.6) is 0 Å². The van der Waals surface area contributed by atoms with Gasteiger partial charge in [0, 0.05) is 13.1 Å². The number of nitrogens with zero attached hydrogens (tertiary/aromatic N) is 1. The van der Waals surface area contributed by atoms with Crippen LogP contribution in [0, 0.1) is 11.3 Å². The number of carbonyl (C=O) groups is 1. The molecule has 1 fully saturated rings. The van der Waals surface area contributed by atoms with E-state index in [1.807, 2.05) is 0 Å². The summed E-state index contributed by atoms with van der Waals surface area (Å²) in [5.41, 5.74) is -0.926. The Labute approximate surface area is 125 Å². The van der Waals surface area contributed by atoms with Gasteiger partial charge in [0.15, 0.2) is 0 Å². The molecule has 0 aliphatic carbocycles. The van der Waals surface area contributed by atoms with Gasteiger partial charge in [-0.15, -0.1) is 0 Å². The van der Waals surface area contributed by atoms with Crippen molar-refractivity contribution in [3.8, 4) is 0 Å². The van der Waals surface area contributed by atoms with E-state index in [0.29, 0.717) is 13.0 Å². The second-order valence-corrected chi connectivity index (χ2v) is 7.98. The average Bonchev–Trinajstić information content (AvgIpc) is 2.48. The van der Waals surface area contributed by atoms with Crippen molar-refractivity contribution in [2.45, 2.75) is 31.6 Å². The molecule has 1 saturated heterocycles. The van der Waals surface area contributed by atoms with E-state index in [0.717, 1.165) is 6.42 Å². The lowest BCUT2D eigenvalue weighted by Crippen LogP contribution is -2.46. The highest BCUT2D eigenvalue weighted by atomic mass is 32.2. The van der Waals surface area contributed by atoms with Gasteiger partial charge >= 0.3 is 5.97 Å². The summed E-state index contributed by atoms with van der Waals surface area (Å²) in [7, 11) is -3.54. The van der Waals surface area contributed by atoms with Gasteiger partial charge in [0.1, 0.15) is 0 Å². The van der Waals surface area contributed by atoms with Crippen LogP contribution >= 0.6 is 0 Å². The fraction of sp³-hybridized carbons (Fsp3) is 0.533. The number of rotatable bonds is 4. The number of piperidine rings is 1. The molecule has 0 radical (unpaired) electrons. The number of carboxylic acids is 1. The van der Waals surface area contributed by atoms with Crippen molar-refractivity contribution in [3.05, 3.63) is 30.3 Å². The van der Waals surface area contributed by atoms with Crippen LogP contribution in [0.15, 0.2) is 35.2 Å². The highest BCUT2D eigenvalue weighted by Gasteiger charge is 2.41. The van der Waals surface area contributed by atoms with E-state index in [4.69, 9.17) is 0 Å². The molecule has 0 bridgehead atoms. The van der Waals surface area contributed by atoms with E-state index in [1.165, 1.54) is 4.31 Å². The van der Waals surface area contributed by atoms with E-state index >= 15 is 0 Å². The first kappa shape index (κ1) is 16.0. The molecule has 1 aliphatic rings. The molecule has 1 heterocycles. The summed E-state index contributed by atoms with van der Waals surface area (Å²) in [6.45, 7) is 4.04. The van der Waals surface area contributed by atoms with Gasteiger partial charge in [0.2, 0.25) is 10.0 Å². The quantitative estimate of drug-likeness (QED) is 0.925. The Balaban J connectivity index is 2.24. The molecule has 21 heavy (non-hydrogen) atoms. The summed E-state index contributed by atoms with van der Waals surface area (Å²) < 4.78 is 26.6. The summed E-state index contributed by atoms with van der Waals surface area (Å²) in [5, 5.41) is 9.33. The van der Waals surface area contributed by atoms with Gasteiger partial charge in [0.05, 0.1) is 10.3 Å². The van der Waals surface area contributed by atoms with Crippen LogP contribution in [0.3, 0.4) is 0 Å². The third-order valence-corrected chi connectivity index (χ3v) is 6.22. The molecule has 1 aromatic rings. The molecule has 5 nitrogen and oxygen atoms in total. The molecule has 116 valence electrons. The zero-order chi connectivity index (χ0) is 15.7. The van der Waals surface area contributed by atoms with Gasteiger partial charge < -0.3 is 5.11 Å². The summed E-state index contributed by atoms with van der Waals surface area (Å²) in [5.74, 6) is -1.06. The molecule has 1 atom stereocenters. The van der Waals surface area contributed by atoms with Crippen molar-refractivity contribution in [1.29, 1.82) is 0 Å². The zero-order valence-corrected chi connectivity index (χ0v) is 13.1. The van der Waals surface area contributed by atoms with Gasteiger partial charge in [-0.05, 0) is 44.7 Å². The Bertz CT molecular complexity index is 610. The third-order valence-electron chi connectivity index (χ3n) is 4.34. The lowest BCUT2D eigenvalue weighted by Gasteiger charge is -2.38. The van der Waals surface area contributed by atoms with Crippen LogP contribution in [0.1, 0.15) is 26.7 Å². The van der Waals surface area contributed by atoms with Crippen LogP contribution in [0.25, 0.3) is 0 Å². The highest BCUT2D eigenvalue weighted by molar-refractivity contribution is 7.89. The minimum absolute atomic E-state index is 0.178. The monoisotopic (exact) mass is 311 g/mol. The Morgan fingerprint density at radius 2 is 1.90 bits per heavy atom. The van der Waals surface area contributed by atoms with Gasteiger partial charge in [0.25, 0.3) is 0 Å². The molecular formula is C15H21NO4S. The van der Waals surface area contributed by atoms with Crippen LogP contribution < -0.4 is 0 Å². The molecule has 0 aromatic heterocycles. The predicted octanol–water partition coefficient (Wildman–Crippen LogP) is 2.20. The van der Waals surface area contributed by atoms with Gasteiger partial charge in [-0.2, -0.15) is 4.31 Å². The van der Waals surface area contributed by atoms with Crippen molar-refractivity contribution in [1.82, 2.24) is 4.31 Å². The van der Waals surface area contributed by atoms with Crippen LogP contribution in [0.4, 0.5) is 0 Å². The maximum Gasteiger partial charge on any atom is 0.309 e. The van der Waals surface area contributed by atoms with E-state index < -0.39 is 21.4 Å². The number of hydrogen-bond donors (Lipinski definition) is 1. The second kappa shape index (κ2) is 5.77. The molecule has 1 aromatic carbocycles. The SMILES string of the molecule is CC(C)(C(=O)O)C1CCCN(S(=O)(=O)c2ccccc2)C1. The van der Waals surface area contributed by atoms with E-state index in [2.05, 4.69) is 0 Å². The Kier molecular flexibility index (Phi) is 4.39. The fourth-order valence-electron chi connectivity index (χ4n) is 2.67. The number of benzene rings is 1. The van der Waals surface area contributed by atoms with Gasteiger partial charge in [-0.1, -0.05) is 18.2 Å². The standard InChI is InChI=1S/C15H21NO4S/c1-15(2,14(17)18)12-7-6-10-16(11-12)21(19,20)13-8-4-3-5-9-13/h3-5,8-9,12H,6-7,10-11H2,1-2H3,(H,17,18). The molecule has 6 heteroatoms. The van der Waals surface area contributed by atoms with Crippen LogP contribution in [-0.2, 0) is 14.8 Å². The highest BCUT2D eigenvalue weighted by Crippen LogP contribution is 2.35. The normalized spacial score (nSPS) is 21.1. The number of aliphatic carboxylic acids is 1. The summed E-state index contributed by atoms with van der Waals surface area (Å²) in [6.07, 6.45) is 1.42. The Morgan fingerprint density at radius 1 is 1.29 bits per heavy atom. The van der Waals surface area contributed by atoms with Crippen LogP contribution in [0.2, 0.25) is 0 Å². The van der Waals surface area contributed by atoms with E-state index in [1.54, 1.807) is 44.2 Å². The van der Waals surface area contributed by atoms with Crippen molar-refractivity contribution in [3.63, 3.8) is 0 Å². The first-order valence-corrected chi connectivity index (χ1v) is 8.49. The largest absolute Gasteiger partial charge is 0.481 e. The number of carboxylic acid groups (broad SMARTS) is 1. The van der Waals surface area contributed by atoms with E-state index in [9.17, 15) is 18.3 Å². The predicted molar refractivity (Wildman–Crippen MR) is 79.3 cm³/mol. The minimum Gasteiger partial charge on any atom is -0.481 e. The molecule has 2 rings (SSSR count). The maximum absolute atomic E-state index is 12.6. The van der Waals surface area contributed by atoms with Crippen LogP contribution in [-0.4, -0.2) is 36.9 Å². The molecule has 1 aliphatic heterocycles. The lowest BCUT2D eigenvalue weighted by atomic mass is 9.75. The topological polar surface area (TPSA) is 74.7 Å². The summed E-state index contributed by atoms with van der Waals surface area (Å²) >= 11 is 0. The Hall–Kier alpha value is -1.40. The second-order valence-electron chi connectivity index (χ2n) is 6.04. The van der Waals surface area contributed by atoms with Crippen molar-refractivity contribution in [2.24, 2.45) is 11.3 Å². The zero-order valence-electron chi connectivity index (χ0n) is 12.3. The number of hydrogen-bond acceptors (Lipinski definition) is 3. The smallest absolute Gasteiger partial charge is 0.309 e. The molecule has 0 saturated carbocycles. The van der Waals surface area contributed by atoms with Crippen molar-refractivity contribution >= 4 is 16.0 Å². The molecular weight excluding hydrogens is 290 g/mol. The Morgan fingerprint density at radius 3 is 2.48 bits per heavy atom. The van der Waals surface area contributed by atoms with E-state index in [-0.39, 0.29) is 17.4 Å². The van der Waals surface area contributed by atoms with Gasteiger partial charge in [-0.3, -0.25) is 4.79 Å². The lowest BCUT2D eigenvalue weighted by molar-refractivity contribution is -0.151. The molecule has 0 spiro atoms. The molecule has 1 unspecified atom stereocenters. The molecule has 0 amide bonds. The van der Waals surface area contributed by atoms with Crippen molar-refractivity contribution < 1.29 is 18.3 Å². The fourth-order valence-corrected chi connectivity index (χ4v) is 4.21. The maximum atomic E-state index is 12.6. The average molecular weight is 311 g/mol. The first-order chi connectivity index (χ1) is 9.76. The minimum atomic E-state index is -3.54. The molecule has 1 N–H and O–H groups in total. The summed E-state index contributed by atoms with van der Waals surface area (Å²) in [4.78, 5) is 11.6.